The van der Waals surface area contributed by atoms with E-state index in [1.165, 1.54) is 44.9 Å². The van der Waals surface area contributed by atoms with Crippen LogP contribution in [-0.2, 0) is 0 Å². The van der Waals surface area contributed by atoms with Gasteiger partial charge in [-0.3, -0.25) is 0 Å². The van der Waals surface area contributed by atoms with Gasteiger partial charge in [0.25, 0.3) is 0 Å². The highest BCUT2D eigenvalue weighted by molar-refractivity contribution is 5.07. The molecule has 0 heteroatoms. The molecule has 0 heterocycles. The molecule has 1 aliphatic carbocycles. The van der Waals surface area contributed by atoms with Crippen LogP contribution in [0.2, 0.25) is 0 Å². The van der Waals surface area contributed by atoms with Gasteiger partial charge < -0.3 is 0 Å². The summed E-state index contributed by atoms with van der Waals surface area (Å²) in [6, 6.07) is 0. The third kappa shape index (κ3) is 5.00. The zero-order chi connectivity index (χ0) is 17.2. The summed E-state index contributed by atoms with van der Waals surface area (Å²) in [6.07, 6.45) is 9.84. The molecule has 4 unspecified atom stereocenters. The van der Waals surface area contributed by atoms with E-state index in [1.54, 1.807) is 0 Å². The van der Waals surface area contributed by atoms with E-state index >= 15 is 0 Å². The average molecular weight is 309 g/mol. The van der Waals surface area contributed by atoms with Crippen LogP contribution in [0.15, 0.2) is 0 Å². The van der Waals surface area contributed by atoms with Crippen LogP contribution in [0.1, 0.15) is 107 Å². The smallest absolute Gasteiger partial charge is 0.0218 e. The minimum atomic E-state index is 0.469. The van der Waals surface area contributed by atoms with Crippen LogP contribution in [-0.4, -0.2) is 0 Å². The van der Waals surface area contributed by atoms with Crippen LogP contribution < -0.4 is 0 Å². The highest BCUT2D eigenvalue weighted by Gasteiger charge is 2.58. The molecule has 0 aromatic carbocycles. The van der Waals surface area contributed by atoms with Gasteiger partial charge in [-0.1, -0.05) is 81.6 Å². The zero-order valence-electron chi connectivity index (χ0n) is 17.2. The fraction of sp³-hybridized carbons (Fsp3) is 1.00. The van der Waals surface area contributed by atoms with Crippen molar-refractivity contribution in [1.82, 2.24) is 0 Å². The molecular formula is C22H44. The molecule has 22 heavy (non-hydrogen) atoms. The second-order valence-corrected chi connectivity index (χ2v) is 10.5. The predicted molar refractivity (Wildman–Crippen MR) is 101 cm³/mol. The van der Waals surface area contributed by atoms with Crippen molar-refractivity contribution < 1.29 is 0 Å². The van der Waals surface area contributed by atoms with E-state index < -0.39 is 0 Å². The second kappa shape index (κ2) is 7.27. The Labute approximate surface area is 141 Å². The van der Waals surface area contributed by atoms with Gasteiger partial charge in [0.05, 0.1) is 0 Å². The van der Waals surface area contributed by atoms with Gasteiger partial charge in [0.1, 0.15) is 0 Å². The highest BCUT2D eigenvalue weighted by atomic mass is 14.6. The maximum Gasteiger partial charge on any atom is -0.0218 e. The normalized spacial score (nSPS) is 28.5. The molecule has 1 saturated carbocycles. The van der Waals surface area contributed by atoms with Crippen molar-refractivity contribution in [2.24, 2.45) is 34.0 Å². The van der Waals surface area contributed by atoms with Gasteiger partial charge in [0.2, 0.25) is 0 Å². The lowest BCUT2D eigenvalue weighted by Crippen LogP contribution is -2.29. The molecule has 132 valence electrons. The van der Waals surface area contributed by atoms with Gasteiger partial charge in [-0.25, -0.2) is 0 Å². The molecule has 0 bridgehead atoms. The first-order valence-electron chi connectivity index (χ1n) is 9.95. The zero-order valence-corrected chi connectivity index (χ0v) is 17.2. The third-order valence-corrected chi connectivity index (χ3v) is 6.94. The van der Waals surface area contributed by atoms with Crippen molar-refractivity contribution in [2.45, 2.75) is 107 Å². The predicted octanol–water partition coefficient (Wildman–Crippen LogP) is 7.72. The van der Waals surface area contributed by atoms with Gasteiger partial charge in [-0.05, 0) is 59.7 Å². The van der Waals surface area contributed by atoms with Crippen LogP contribution in [0.25, 0.3) is 0 Å². The van der Waals surface area contributed by atoms with Crippen molar-refractivity contribution in [2.75, 3.05) is 0 Å². The Bertz CT molecular complexity index is 332. The SMILES string of the molecule is CCCCCC(C)(C)CC(C)C(C)CC1(C(C)(C)C)CC1C. The van der Waals surface area contributed by atoms with E-state index in [1.807, 2.05) is 0 Å². The minimum Gasteiger partial charge on any atom is -0.0654 e. The summed E-state index contributed by atoms with van der Waals surface area (Å²) in [5.41, 5.74) is 1.61. The summed E-state index contributed by atoms with van der Waals surface area (Å²) < 4.78 is 0. The summed E-state index contributed by atoms with van der Waals surface area (Å²) >= 11 is 0. The van der Waals surface area contributed by atoms with Crippen LogP contribution in [0.3, 0.4) is 0 Å². The topological polar surface area (TPSA) is 0 Å². The van der Waals surface area contributed by atoms with Crippen molar-refractivity contribution in [3.63, 3.8) is 0 Å². The number of hydrogen-bond acceptors (Lipinski definition) is 0. The fourth-order valence-corrected chi connectivity index (χ4v) is 4.93. The monoisotopic (exact) mass is 308 g/mol. The Kier molecular flexibility index (Phi) is 6.62. The Hall–Kier alpha value is 0. The molecule has 0 N–H and O–H groups in total. The van der Waals surface area contributed by atoms with Crippen LogP contribution in [0.4, 0.5) is 0 Å². The summed E-state index contributed by atoms with van der Waals surface area (Å²) in [5.74, 6) is 2.64. The Morgan fingerprint density at radius 3 is 1.95 bits per heavy atom. The van der Waals surface area contributed by atoms with E-state index in [0.29, 0.717) is 16.2 Å². The molecular weight excluding hydrogens is 264 g/mol. The molecule has 0 radical (unpaired) electrons. The number of hydrogen-bond donors (Lipinski definition) is 0. The number of rotatable bonds is 9. The minimum absolute atomic E-state index is 0.469. The molecule has 0 saturated heterocycles. The Morgan fingerprint density at radius 2 is 1.55 bits per heavy atom. The molecule has 1 fully saturated rings. The maximum atomic E-state index is 2.52. The highest BCUT2D eigenvalue weighted by Crippen LogP contribution is 2.66. The van der Waals surface area contributed by atoms with Gasteiger partial charge in [-0.15, -0.1) is 0 Å². The fourth-order valence-electron chi connectivity index (χ4n) is 4.93. The van der Waals surface area contributed by atoms with Crippen LogP contribution in [0.5, 0.6) is 0 Å². The van der Waals surface area contributed by atoms with E-state index in [2.05, 4.69) is 62.3 Å². The first kappa shape index (κ1) is 20.0. The van der Waals surface area contributed by atoms with Gasteiger partial charge in [-0.2, -0.15) is 0 Å². The summed E-state index contributed by atoms with van der Waals surface area (Å²) in [7, 11) is 0. The first-order chi connectivity index (χ1) is 9.95. The van der Waals surface area contributed by atoms with Crippen LogP contribution in [0, 0.1) is 34.0 Å². The third-order valence-electron chi connectivity index (χ3n) is 6.94. The summed E-state index contributed by atoms with van der Waals surface area (Å²) in [5, 5.41) is 0. The van der Waals surface area contributed by atoms with Gasteiger partial charge in [0.15, 0.2) is 0 Å². The van der Waals surface area contributed by atoms with E-state index in [4.69, 9.17) is 0 Å². The van der Waals surface area contributed by atoms with E-state index in [9.17, 15) is 0 Å². The van der Waals surface area contributed by atoms with Gasteiger partial charge in [0, 0.05) is 0 Å². The Balaban J connectivity index is 2.53. The molecule has 0 aliphatic heterocycles. The summed E-state index contributed by atoms with van der Waals surface area (Å²) in [6.45, 7) is 22.2. The van der Waals surface area contributed by atoms with Crippen molar-refractivity contribution >= 4 is 0 Å². The lowest BCUT2D eigenvalue weighted by Gasteiger charge is -2.38. The Morgan fingerprint density at radius 1 is 1.00 bits per heavy atom. The van der Waals surface area contributed by atoms with E-state index in [-0.39, 0.29) is 0 Å². The molecule has 0 nitrogen and oxygen atoms in total. The molecule has 1 rings (SSSR count). The van der Waals surface area contributed by atoms with Crippen molar-refractivity contribution in [3.05, 3.63) is 0 Å². The average Bonchev–Trinajstić information content (AvgIpc) is 3.00. The molecule has 0 aromatic rings. The van der Waals surface area contributed by atoms with E-state index in [0.717, 1.165) is 17.8 Å². The molecule has 4 atom stereocenters. The summed E-state index contributed by atoms with van der Waals surface area (Å²) in [4.78, 5) is 0. The van der Waals surface area contributed by atoms with Crippen LogP contribution >= 0.6 is 0 Å². The molecule has 0 amide bonds. The molecule has 0 aromatic heterocycles. The first-order valence-corrected chi connectivity index (χ1v) is 9.95. The second-order valence-electron chi connectivity index (χ2n) is 10.5. The van der Waals surface area contributed by atoms with Gasteiger partial charge >= 0.3 is 0 Å². The number of unbranched alkanes of at least 4 members (excludes halogenated alkanes) is 2. The quantitative estimate of drug-likeness (QED) is 0.382. The standard InChI is InChI=1S/C22H44/c1-10-11-12-13-21(8,9)14-17(2)18(3)15-22(16-19(22)4)20(5,6)7/h17-19H,10-16H2,1-9H3. The largest absolute Gasteiger partial charge is 0.0654 e. The lowest BCUT2D eigenvalue weighted by atomic mass is 9.67. The van der Waals surface area contributed by atoms with Crippen molar-refractivity contribution in [3.8, 4) is 0 Å². The maximum absolute atomic E-state index is 2.52. The molecule has 1 aliphatic rings. The molecule has 0 spiro atoms. The van der Waals surface area contributed by atoms with Crippen molar-refractivity contribution in [1.29, 1.82) is 0 Å². The lowest BCUT2D eigenvalue weighted by molar-refractivity contribution is 0.121.